The second-order valence-electron chi connectivity index (χ2n) is 7.22. The monoisotopic (exact) mass is 436 g/mol. The second kappa shape index (κ2) is 9.22. The number of aromatic nitrogens is 4. The number of halogens is 1. The molecule has 0 aliphatic heterocycles. The number of nitrogens with one attached hydrogen (secondary N) is 1. The van der Waals surface area contributed by atoms with E-state index in [-0.39, 0.29) is 0 Å². The molecule has 3 aromatic heterocycles. The number of hydrogen-bond acceptors (Lipinski definition) is 6. The third-order valence-electron chi connectivity index (χ3n) is 5.04. The maximum atomic E-state index is 6.46. The van der Waals surface area contributed by atoms with Crippen LogP contribution in [0.1, 0.15) is 24.6 Å². The molecule has 0 bridgehead atoms. The summed E-state index contributed by atoms with van der Waals surface area (Å²) in [7, 11) is 1.62. The third-order valence-corrected chi connectivity index (χ3v) is 5.35. The highest BCUT2D eigenvalue weighted by Gasteiger charge is 2.19. The van der Waals surface area contributed by atoms with Gasteiger partial charge in [0.05, 0.1) is 36.3 Å². The summed E-state index contributed by atoms with van der Waals surface area (Å²) in [5.74, 6) is 2.42. The number of pyridine rings is 1. The summed E-state index contributed by atoms with van der Waals surface area (Å²) >= 11 is 6.46. The lowest BCUT2D eigenvalue weighted by molar-refractivity contribution is 0.415. The molecule has 7 nitrogen and oxygen atoms in total. The van der Waals surface area contributed by atoms with E-state index in [4.69, 9.17) is 21.3 Å². The normalized spacial score (nSPS) is 11.0. The minimum Gasteiger partial charge on any atom is -0.497 e. The Hall–Kier alpha value is -3.32. The molecule has 0 aliphatic rings. The van der Waals surface area contributed by atoms with E-state index in [9.17, 15) is 0 Å². The Morgan fingerprint density at radius 2 is 2.03 bits per heavy atom. The van der Waals surface area contributed by atoms with Crippen molar-refractivity contribution >= 4 is 34.6 Å². The van der Waals surface area contributed by atoms with Crippen molar-refractivity contribution in [2.45, 2.75) is 26.8 Å². The molecule has 0 saturated heterocycles. The maximum Gasteiger partial charge on any atom is 0.159 e. The van der Waals surface area contributed by atoms with Crippen molar-refractivity contribution in [3.8, 4) is 5.75 Å². The molecule has 4 rings (SSSR count). The number of rotatable bonds is 8. The summed E-state index contributed by atoms with van der Waals surface area (Å²) in [6.07, 6.45) is 4.58. The van der Waals surface area contributed by atoms with Crippen LogP contribution in [0.2, 0.25) is 5.02 Å². The number of methoxy groups -OCH3 is 1. The molecule has 0 saturated carbocycles. The van der Waals surface area contributed by atoms with Crippen molar-refractivity contribution in [3.63, 3.8) is 0 Å². The average molecular weight is 437 g/mol. The first kappa shape index (κ1) is 20.9. The zero-order valence-electron chi connectivity index (χ0n) is 17.8. The summed E-state index contributed by atoms with van der Waals surface area (Å²) in [5, 5.41) is 8.49. The number of ether oxygens (including phenoxy) is 1. The highest BCUT2D eigenvalue weighted by molar-refractivity contribution is 6.33. The molecular weight excluding hydrogens is 412 g/mol. The quantitative estimate of drug-likeness (QED) is 0.406. The molecule has 160 valence electrons. The lowest BCUT2D eigenvalue weighted by atomic mass is 10.2. The Bertz CT molecular complexity index is 1180. The van der Waals surface area contributed by atoms with Gasteiger partial charge in [0.25, 0.3) is 0 Å². The number of hydrogen-bond donors (Lipinski definition) is 1. The molecular formula is C23H25ClN6O. The van der Waals surface area contributed by atoms with Gasteiger partial charge in [0, 0.05) is 30.4 Å². The SMILES string of the molecule is CCCN(Cc1ccccn1)c1c(C)c(Nc2ccc(OC)cc2Cl)nc2ccnn12. The molecule has 31 heavy (non-hydrogen) atoms. The minimum absolute atomic E-state index is 0.564. The van der Waals surface area contributed by atoms with Gasteiger partial charge in [-0.05, 0) is 37.6 Å². The van der Waals surface area contributed by atoms with Crippen molar-refractivity contribution in [2.24, 2.45) is 0 Å². The van der Waals surface area contributed by atoms with Gasteiger partial charge in [0.2, 0.25) is 0 Å². The first-order chi connectivity index (χ1) is 15.1. The number of nitrogens with zero attached hydrogens (tertiary/aromatic N) is 5. The van der Waals surface area contributed by atoms with Gasteiger partial charge in [0.1, 0.15) is 17.4 Å². The summed E-state index contributed by atoms with van der Waals surface area (Å²) in [6, 6.07) is 13.4. The maximum absolute atomic E-state index is 6.46. The van der Waals surface area contributed by atoms with Crippen molar-refractivity contribution in [1.29, 1.82) is 0 Å². The van der Waals surface area contributed by atoms with E-state index in [1.807, 2.05) is 54.0 Å². The van der Waals surface area contributed by atoms with Crippen LogP contribution in [0, 0.1) is 6.92 Å². The van der Waals surface area contributed by atoms with Gasteiger partial charge in [-0.2, -0.15) is 9.61 Å². The van der Waals surface area contributed by atoms with E-state index in [1.165, 1.54) is 0 Å². The zero-order chi connectivity index (χ0) is 21.8. The Morgan fingerprint density at radius 1 is 1.16 bits per heavy atom. The van der Waals surface area contributed by atoms with Gasteiger partial charge in [0.15, 0.2) is 5.65 Å². The fourth-order valence-corrected chi connectivity index (χ4v) is 3.79. The fourth-order valence-electron chi connectivity index (χ4n) is 3.57. The number of benzene rings is 1. The van der Waals surface area contributed by atoms with E-state index in [2.05, 4.69) is 27.2 Å². The average Bonchev–Trinajstić information content (AvgIpc) is 3.24. The standard InChI is InChI=1S/C23H25ClN6O/c1-4-13-29(15-17-7-5-6-11-25-17)23-16(2)22(28-21-10-12-26-30(21)23)27-20-9-8-18(31-3)14-19(20)24/h5-12,14H,4,13,15H2,1-3H3,(H,27,28). The molecule has 8 heteroatoms. The lowest BCUT2D eigenvalue weighted by Gasteiger charge is -2.27. The van der Waals surface area contributed by atoms with Crippen LogP contribution >= 0.6 is 11.6 Å². The van der Waals surface area contributed by atoms with Crippen LogP contribution in [0.5, 0.6) is 5.75 Å². The van der Waals surface area contributed by atoms with Gasteiger partial charge in [-0.1, -0.05) is 24.6 Å². The van der Waals surface area contributed by atoms with Gasteiger partial charge in [-0.25, -0.2) is 4.98 Å². The Balaban J connectivity index is 1.77. The lowest BCUT2D eigenvalue weighted by Crippen LogP contribution is -2.28. The molecule has 0 aliphatic carbocycles. The molecule has 4 aromatic rings. The number of anilines is 3. The van der Waals surface area contributed by atoms with E-state index >= 15 is 0 Å². The van der Waals surface area contributed by atoms with E-state index in [0.717, 1.165) is 47.2 Å². The topological polar surface area (TPSA) is 67.6 Å². The van der Waals surface area contributed by atoms with Gasteiger partial charge in [-0.3, -0.25) is 4.98 Å². The Morgan fingerprint density at radius 3 is 2.74 bits per heavy atom. The molecule has 0 amide bonds. The van der Waals surface area contributed by atoms with Crippen LogP contribution in [-0.2, 0) is 6.54 Å². The molecule has 1 N–H and O–H groups in total. The van der Waals surface area contributed by atoms with Crippen molar-refractivity contribution in [2.75, 3.05) is 23.9 Å². The predicted molar refractivity (Wildman–Crippen MR) is 125 cm³/mol. The van der Waals surface area contributed by atoms with E-state index < -0.39 is 0 Å². The van der Waals surface area contributed by atoms with Crippen LogP contribution in [0.3, 0.4) is 0 Å². The minimum atomic E-state index is 0.564. The molecule has 1 aromatic carbocycles. The Labute approximate surface area is 186 Å². The highest BCUT2D eigenvalue weighted by atomic mass is 35.5. The molecule has 3 heterocycles. The first-order valence-electron chi connectivity index (χ1n) is 10.2. The van der Waals surface area contributed by atoms with Gasteiger partial charge >= 0.3 is 0 Å². The molecule has 0 atom stereocenters. The smallest absolute Gasteiger partial charge is 0.159 e. The molecule has 0 unspecified atom stereocenters. The largest absolute Gasteiger partial charge is 0.497 e. The van der Waals surface area contributed by atoms with Crippen LogP contribution < -0.4 is 15.0 Å². The van der Waals surface area contributed by atoms with Crippen molar-refractivity contribution in [1.82, 2.24) is 19.6 Å². The van der Waals surface area contributed by atoms with Crippen molar-refractivity contribution in [3.05, 3.63) is 71.1 Å². The van der Waals surface area contributed by atoms with Crippen LogP contribution in [-0.4, -0.2) is 33.2 Å². The molecule has 0 radical (unpaired) electrons. The third kappa shape index (κ3) is 4.41. The van der Waals surface area contributed by atoms with Crippen LogP contribution in [0.15, 0.2) is 54.9 Å². The zero-order valence-corrected chi connectivity index (χ0v) is 18.6. The van der Waals surface area contributed by atoms with Crippen molar-refractivity contribution < 1.29 is 4.74 Å². The second-order valence-corrected chi connectivity index (χ2v) is 7.63. The molecule has 0 fully saturated rings. The summed E-state index contributed by atoms with van der Waals surface area (Å²) in [5.41, 5.74) is 3.50. The summed E-state index contributed by atoms with van der Waals surface area (Å²) in [6.45, 7) is 5.75. The summed E-state index contributed by atoms with van der Waals surface area (Å²) < 4.78 is 7.14. The van der Waals surface area contributed by atoms with Crippen LogP contribution in [0.4, 0.5) is 17.3 Å². The van der Waals surface area contributed by atoms with E-state index in [1.54, 1.807) is 19.4 Å². The summed E-state index contributed by atoms with van der Waals surface area (Å²) in [4.78, 5) is 11.6. The van der Waals surface area contributed by atoms with E-state index in [0.29, 0.717) is 17.3 Å². The highest BCUT2D eigenvalue weighted by Crippen LogP contribution is 2.33. The Kier molecular flexibility index (Phi) is 6.23. The van der Waals surface area contributed by atoms with Crippen LogP contribution in [0.25, 0.3) is 5.65 Å². The number of fused-ring (bicyclic) bond motifs is 1. The fraction of sp³-hybridized carbons (Fsp3) is 0.261. The molecule has 0 spiro atoms. The predicted octanol–water partition coefficient (Wildman–Crippen LogP) is 5.25. The first-order valence-corrected chi connectivity index (χ1v) is 10.6. The van der Waals surface area contributed by atoms with Gasteiger partial charge < -0.3 is 15.0 Å². The van der Waals surface area contributed by atoms with Gasteiger partial charge in [-0.15, -0.1) is 0 Å².